The van der Waals surface area contributed by atoms with Crippen molar-refractivity contribution in [3.05, 3.63) is 22.4 Å². The first-order valence-corrected chi connectivity index (χ1v) is 10.6. The maximum atomic E-state index is 13.5. The Morgan fingerprint density at radius 3 is 2.62 bits per heavy atom. The van der Waals surface area contributed by atoms with Crippen LogP contribution in [-0.4, -0.2) is 49.6 Å². The molecular formula is C20H25F2N5O2. The second-order valence-electron chi connectivity index (χ2n) is 8.70. The summed E-state index contributed by atoms with van der Waals surface area (Å²) in [7, 11) is 0. The number of piperidine rings is 1. The maximum absolute atomic E-state index is 13.5. The molecule has 3 aliphatic rings. The molecule has 2 aliphatic carbocycles. The fourth-order valence-corrected chi connectivity index (χ4v) is 4.78. The van der Waals surface area contributed by atoms with Gasteiger partial charge in [0, 0.05) is 37.8 Å². The van der Waals surface area contributed by atoms with E-state index in [-0.39, 0.29) is 42.2 Å². The quantitative estimate of drug-likeness (QED) is 0.851. The van der Waals surface area contributed by atoms with Gasteiger partial charge in [0.05, 0.1) is 12.2 Å². The Hall–Kier alpha value is -2.32. The van der Waals surface area contributed by atoms with Gasteiger partial charge in [0.15, 0.2) is 5.65 Å². The average molecular weight is 405 g/mol. The highest BCUT2D eigenvalue weighted by Gasteiger charge is 2.48. The van der Waals surface area contributed by atoms with Gasteiger partial charge in [-0.1, -0.05) is 0 Å². The number of amides is 1. The van der Waals surface area contributed by atoms with Crippen LogP contribution in [0, 0.1) is 5.92 Å². The number of aromatic amines is 1. The van der Waals surface area contributed by atoms with Gasteiger partial charge in [0.2, 0.25) is 11.8 Å². The van der Waals surface area contributed by atoms with Crippen LogP contribution in [0.5, 0.6) is 0 Å². The van der Waals surface area contributed by atoms with Gasteiger partial charge in [-0.15, -0.1) is 0 Å². The van der Waals surface area contributed by atoms with Crippen molar-refractivity contribution in [1.82, 2.24) is 24.6 Å². The number of hydrogen-bond acceptors (Lipinski definition) is 4. The molecule has 1 saturated heterocycles. The summed E-state index contributed by atoms with van der Waals surface area (Å²) in [5.74, 6) is -2.16. The summed E-state index contributed by atoms with van der Waals surface area (Å²) in [6.45, 7) is 1.62. The van der Waals surface area contributed by atoms with E-state index >= 15 is 0 Å². The maximum Gasteiger partial charge on any atom is 0.262 e. The summed E-state index contributed by atoms with van der Waals surface area (Å²) in [5.41, 5.74) is 0.156. The second kappa shape index (κ2) is 6.88. The summed E-state index contributed by atoms with van der Waals surface area (Å²) in [5, 5.41) is 4.66. The highest BCUT2D eigenvalue weighted by Crippen LogP contribution is 2.47. The van der Waals surface area contributed by atoms with E-state index in [4.69, 9.17) is 0 Å². The zero-order chi connectivity index (χ0) is 20.2. The molecular weight excluding hydrogens is 380 g/mol. The van der Waals surface area contributed by atoms with Crippen molar-refractivity contribution in [2.45, 2.75) is 69.2 Å². The van der Waals surface area contributed by atoms with Crippen molar-refractivity contribution < 1.29 is 13.6 Å². The number of aromatic nitrogens is 4. The predicted molar refractivity (Wildman–Crippen MR) is 102 cm³/mol. The molecule has 1 amide bonds. The molecule has 3 heterocycles. The van der Waals surface area contributed by atoms with E-state index in [9.17, 15) is 18.4 Å². The summed E-state index contributed by atoms with van der Waals surface area (Å²) < 4.78 is 28.7. The molecule has 0 unspecified atom stereocenters. The third kappa shape index (κ3) is 3.44. The normalized spacial score (nSPS) is 27.3. The molecule has 2 atom stereocenters. The molecule has 29 heavy (non-hydrogen) atoms. The molecule has 0 radical (unpaired) electrons. The number of carbonyl (C=O) groups excluding carboxylic acids is 1. The van der Waals surface area contributed by atoms with E-state index in [0.29, 0.717) is 36.1 Å². The lowest BCUT2D eigenvalue weighted by atomic mass is 9.92. The lowest BCUT2D eigenvalue weighted by Gasteiger charge is -2.28. The van der Waals surface area contributed by atoms with Crippen LogP contribution >= 0.6 is 0 Å². The molecule has 7 nitrogen and oxygen atoms in total. The van der Waals surface area contributed by atoms with E-state index in [1.165, 1.54) is 12.6 Å². The molecule has 0 spiro atoms. The molecule has 1 aliphatic heterocycles. The first kappa shape index (κ1) is 18.7. The fourth-order valence-electron chi connectivity index (χ4n) is 4.78. The van der Waals surface area contributed by atoms with Crippen LogP contribution in [0.2, 0.25) is 0 Å². The molecule has 2 aromatic rings. The Morgan fingerprint density at radius 1 is 1.17 bits per heavy atom. The number of nitrogens with one attached hydrogen (secondary N) is 1. The third-order valence-corrected chi connectivity index (χ3v) is 6.64. The van der Waals surface area contributed by atoms with E-state index < -0.39 is 5.92 Å². The van der Waals surface area contributed by atoms with Crippen LogP contribution in [0.15, 0.2) is 11.0 Å². The van der Waals surface area contributed by atoms with Gasteiger partial charge in [-0.3, -0.25) is 9.59 Å². The van der Waals surface area contributed by atoms with Crippen molar-refractivity contribution in [2.24, 2.45) is 5.92 Å². The SMILES string of the molecule is O=C([C@H]1C[C@@H]1c1nc2c(cnn2C2CCC(F)(F)CC2)c(=O)[nH]1)N1CCCCC1. The number of fused-ring (bicyclic) bond motifs is 1. The molecule has 0 bridgehead atoms. The van der Waals surface area contributed by atoms with Gasteiger partial charge in [0.25, 0.3) is 5.56 Å². The lowest BCUT2D eigenvalue weighted by molar-refractivity contribution is -0.133. The molecule has 2 saturated carbocycles. The topological polar surface area (TPSA) is 83.9 Å². The van der Waals surface area contributed by atoms with Gasteiger partial charge in [-0.05, 0) is 38.5 Å². The Balaban J connectivity index is 1.39. The lowest BCUT2D eigenvalue weighted by Crippen LogP contribution is -2.37. The number of H-pyrrole nitrogens is 1. The number of nitrogens with zero attached hydrogens (tertiary/aromatic N) is 4. The summed E-state index contributed by atoms with van der Waals surface area (Å²) in [4.78, 5) is 34.7. The molecule has 1 N–H and O–H groups in total. The predicted octanol–water partition coefficient (Wildman–Crippen LogP) is 2.99. The largest absolute Gasteiger partial charge is 0.342 e. The Bertz CT molecular complexity index is 984. The van der Waals surface area contributed by atoms with E-state index in [1.807, 2.05) is 4.90 Å². The smallest absolute Gasteiger partial charge is 0.262 e. The summed E-state index contributed by atoms with van der Waals surface area (Å²) in [6, 6.07) is -0.181. The van der Waals surface area contributed by atoms with Crippen LogP contribution < -0.4 is 5.56 Å². The van der Waals surface area contributed by atoms with Gasteiger partial charge >= 0.3 is 0 Å². The highest BCUT2D eigenvalue weighted by molar-refractivity contribution is 5.83. The van der Waals surface area contributed by atoms with E-state index in [1.54, 1.807) is 4.68 Å². The first-order chi connectivity index (χ1) is 13.9. The van der Waals surface area contributed by atoms with Crippen molar-refractivity contribution in [3.8, 4) is 0 Å². The third-order valence-electron chi connectivity index (χ3n) is 6.64. The zero-order valence-corrected chi connectivity index (χ0v) is 16.2. The van der Waals surface area contributed by atoms with Crippen LogP contribution in [0.3, 0.4) is 0 Å². The van der Waals surface area contributed by atoms with E-state index in [2.05, 4.69) is 15.1 Å². The summed E-state index contributed by atoms with van der Waals surface area (Å²) in [6.07, 6.45) is 5.68. The van der Waals surface area contributed by atoms with Gasteiger partial charge in [-0.2, -0.15) is 5.10 Å². The van der Waals surface area contributed by atoms with Crippen molar-refractivity contribution in [3.63, 3.8) is 0 Å². The first-order valence-electron chi connectivity index (χ1n) is 10.6. The average Bonchev–Trinajstić information content (AvgIpc) is 3.40. The number of carbonyl (C=O) groups is 1. The van der Waals surface area contributed by atoms with Gasteiger partial charge < -0.3 is 9.88 Å². The zero-order valence-electron chi connectivity index (χ0n) is 16.2. The number of halogens is 2. The Morgan fingerprint density at radius 2 is 1.90 bits per heavy atom. The molecule has 5 rings (SSSR count). The van der Waals surface area contributed by atoms with Gasteiger partial charge in [-0.25, -0.2) is 18.4 Å². The monoisotopic (exact) mass is 405 g/mol. The Labute approximate surface area is 166 Å². The van der Waals surface area contributed by atoms with Crippen LogP contribution in [-0.2, 0) is 4.79 Å². The van der Waals surface area contributed by atoms with Crippen molar-refractivity contribution in [1.29, 1.82) is 0 Å². The number of hydrogen-bond donors (Lipinski definition) is 1. The minimum atomic E-state index is -2.62. The van der Waals surface area contributed by atoms with Gasteiger partial charge in [0.1, 0.15) is 11.2 Å². The minimum absolute atomic E-state index is 0.0828. The highest BCUT2D eigenvalue weighted by atomic mass is 19.3. The van der Waals surface area contributed by atoms with Crippen molar-refractivity contribution >= 4 is 16.9 Å². The molecule has 156 valence electrons. The number of rotatable bonds is 3. The van der Waals surface area contributed by atoms with E-state index in [0.717, 1.165) is 25.9 Å². The van der Waals surface area contributed by atoms with Crippen LogP contribution in [0.4, 0.5) is 8.78 Å². The molecule has 3 fully saturated rings. The molecule has 0 aromatic carbocycles. The summed E-state index contributed by atoms with van der Waals surface area (Å²) >= 11 is 0. The standard InChI is InChI=1S/C20H25F2N5O2/c21-20(22)6-4-12(5-7-20)27-17-15(11-23-27)18(28)25-16(24-17)13-10-14(13)19(29)26-8-2-1-3-9-26/h11-14H,1-10H2,(H,24,25,28)/t13-,14-/m0/s1. The minimum Gasteiger partial charge on any atom is -0.342 e. The second-order valence-corrected chi connectivity index (χ2v) is 8.70. The van der Waals surface area contributed by atoms with Crippen LogP contribution in [0.25, 0.3) is 11.0 Å². The molecule has 9 heteroatoms. The number of likely N-dealkylation sites (tertiary alicyclic amines) is 1. The van der Waals surface area contributed by atoms with Crippen molar-refractivity contribution in [2.75, 3.05) is 13.1 Å². The Kier molecular flexibility index (Phi) is 4.43. The van der Waals surface area contributed by atoms with Crippen LogP contribution in [0.1, 0.15) is 69.2 Å². The fraction of sp³-hybridized carbons (Fsp3) is 0.700. The molecule has 2 aromatic heterocycles. The number of alkyl halides is 2.